The van der Waals surface area contributed by atoms with Crippen LogP contribution in [0.1, 0.15) is 17.6 Å². The van der Waals surface area contributed by atoms with Gasteiger partial charge in [0.15, 0.2) is 0 Å². The van der Waals surface area contributed by atoms with E-state index in [1.165, 1.54) is 0 Å². The Hall–Kier alpha value is -1.30. The van der Waals surface area contributed by atoms with Gasteiger partial charge >= 0.3 is 5.97 Å². The van der Waals surface area contributed by atoms with Crippen LogP contribution in [0.3, 0.4) is 0 Å². The Morgan fingerprint density at radius 1 is 1.60 bits per heavy atom. The highest BCUT2D eigenvalue weighted by atomic mass is 35.5. The van der Waals surface area contributed by atoms with Gasteiger partial charge in [0.05, 0.1) is 6.42 Å². The van der Waals surface area contributed by atoms with Crippen molar-refractivity contribution in [2.24, 2.45) is 0 Å². The van der Waals surface area contributed by atoms with Crippen molar-refractivity contribution in [3.63, 3.8) is 0 Å². The summed E-state index contributed by atoms with van der Waals surface area (Å²) >= 11 is 5.38. The first-order valence-electron chi connectivity index (χ1n) is 3.76. The van der Waals surface area contributed by atoms with E-state index in [0.717, 1.165) is 0 Å². The van der Waals surface area contributed by atoms with Gasteiger partial charge in [-0.15, -0.1) is 0 Å². The number of carboxylic acids is 1. The number of hydrogen-bond donors (Lipinski definition) is 1. The Morgan fingerprint density at radius 2 is 2.20 bits per heavy atom. The van der Waals surface area contributed by atoms with Gasteiger partial charge in [-0.1, -0.05) is 11.6 Å². The molecule has 0 aliphatic rings. The Morgan fingerprint density at radius 3 is 2.67 bits per heavy atom. The molecule has 0 saturated heterocycles. The van der Waals surface area contributed by atoms with Crippen LogP contribution in [0.5, 0.6) is 0 Å². The Labute approximate surface area is 87.5 Å². The number of nitrogens with zero attached hydrogens (tertiary/aromatic N) is 1. The SMILES string of the molecule is O=C(O)Cc1c(C(F)F)cc(F)nc1Cl. The van der Waals surface area contributed by atoms with Gasteiger partial charge in [0.25, 0.3) is 6.43 Å². The van der Waals surface area contributed by atoms with Gasteiger partial charge in [0.2, 0.25) is 5.95 Å². The molecule has 0 amide bonds. The average Bonchev–Trinajstić information content (AvgIpc) is 2.08. The smallest absolute Gasteiger partial charge is 0.307 e. The first-order chi connectivity index (χ1) is 6.91. The number of rotatable bonds is 3. The molecule has 1 aromatic rings. The zero-order chi connectivity index (χ0) is 11.6. The molecule has 0 aromatic carbocycles. The maximum Gasteiger partial charge on any atom is 0.307 e. The van der Waals surface area contributed by atoms with Crippen LogP contribution >= 0.6 is 11.6 Å². The number of carbonyl (C=O) groups is 1. The molecule has 0 spiro atoms. The van der Waals surface area contributed by atoms with E-state index < -0.39 is 35.5 Å². The highest BCUT2D eigenvalue weighted by molar-refractivity contribution is 6.30. The zero-order valence-corrected chi connectivity index (χ0v) is 7.93. The molecule has 15 heavy (non-hydrogen) atoms. The number of alkyl halides is 2. The van der Waals surface area contributed by atoms with Crippen LogP contribution in [0.15, 0.2) is 6.07 Å². The van der Waals surface area contributed by atoms with E-state index >= 15 is 0 Å². The van der Waals surface area contributed by atoms with Crippen LogP contribution in [-0.4, -0.2) is 16.1 Å². The third-order valence-corrected chi connectivity index (χ3v) is 1.95. The third kappa shape index (κ3) is 2.82. The molecule has 0 saturated carbocycles. The topological polar surface area (TPSA) is 50.2 Å². The summed E-state index contributed by atoms with van der Waals surface area (Å²) in [6, 6.07) is 0.481. The van der Waals surface area contributed by atoms with E-state index in [-0.39, 0.29) is 5.56 Å². The molecular weight excluding hydrogens is 235 g/mol. The summed E-state index contributed by atoms with van der Waals surface area (Å²) in [7, 11) is 0. The Kier molecular flexibility index (Phi) is 3.52. The van der Waals surface area contributed by atoms with Crippen molar-refractivity contribution in [1.29, 1.82) is 0 Å². The molecule has 0 unspecified atom stereocenters. The second-order valence-corrected chi connectivity index (χ2v) is 3.03. The zero-order valence-electron chi connectivity index (χ0n) is 7.18. The van der Waals surface area contributed by atoms with Crippen molar-refractivity contribution >= 4 is 17.6 Å². The van der Waals surface area contributed by atoms with E-state index in [1.807, 2.05) is 0 Å². The summed E-state index contributed by atoms with van der Waals surface area (Å²) < 4.78 is 37.4. The molecule has 1 aromatic heterocycles. The molecule has 1 rings (SSSR count). The molecule has 0 aliphatic heterocycles. The first-order valence-corrected chi connectivity index (χ1v) is 4.14. The minimum absolute atomic E-state index is 0.361. The van der Waals surface area contributed by atoms with Crippen molar-refractivity contribution in [2.45, 2.75) is 12.8 Å². The largest absolute Gasteiger partial charge is 0.481 e. The monoisotopic (exact) mass is 239 g/mol. The molecular formula is C8H5ClF3NO2. The second kappa shape index (κ2) is 4.48. The first kappa shape index (κ1) is 11.8. The molecule has 0 fully saturated rings. The quantitative estimate of drug-likeness (QED) is 0.824. The Bertz CT molecular complexity index is 398. The van der Waals surface area contributed by atoms with Crippen molar-refractivity contribution in [3.05, 3.63) is 28.3 Å². The average molecular weight is 240 g/mol. The lowest BCUT2D eigenvalue weighted by molar-refractivity contribution is -0.136. The molecule has 1 N–H and O–H groups in total. The summed E-state index contributed by atoms with van der Waals surface area (Å²) in [4.78, 5) is 13.4. The maximum absolute atomic E-state index is 12.6. The summed E-state index contributed by atoms with van der Waals surface area (Å²) in [5.74, 6) is -2.50. The van der Waals surface area contributed by atoms with Gasteiger partial charge < -0.3 is 5.11 Å². The highest BCUT2D eigenvalue weighted by Crippen LogP contribution is 2.28. The van der Waals surface area contributed by atoms with Crippen LogP contribution in [0.2, 0.25) is 5.15 Å². The van der Waals surface area contributed by atoms with Gasteiger partial charge in [-0.3, -0.25) is 4.79 Å². The molecule has 82 valence electrons. The van der Waals surface area contributed by atoms with Gasteiger partial charge in [0.1, 0.15) is 5.15 Å². The standard InChI is InChI=1S/C8H5ClF3NO2/c9-7-3(2-6(14)15)4(8(11)12)1-5(10)13-7/h1,8H,2H2,(H,14,15). The fourth-order valence-electron chi connectivity index (χ4n) is 1.05. The molecule has 3 nitrogen and oxygen atoms in total. The van der Waals surface area contributed by atoms with Crippen LogP contribution in [-0.2, 0) is 11.2 Å². The number of hydrogen-bond acceptors (Lipinski definition) is 2. The van der Waals surface area contributed by atoms with Gasteiger partial charge in [0, 0.05) is 17.2 Å². The summed E-state index contributed by atoms with van der Waals surface area (Å²) in [6.07, 6.45) is -3.71. The maximum atomic E-state index is 12.6. The fourth-order valence-corrected chi connectivity index (χ4v) is 1.31. The minimum Gasteiger partial charge on any atom is -0.481 e. The minimum atomic E-state index is -2.99. The number of aliphatic carboxylic acids is 1. The van der Waals surface area contributed by atoms with Crippen LogP contribution in [0.4, 0.5) is 13.2 Å². The highest BCUT2D eigenvalue weighted by Gasteiger charge is 2.20. The molecule has 0 aliphatic carbocycles. The normalized spacial score (nSPS) is 10.7. The fraction of sp³-hybridized carbons (Fsp3) is 0.250. The summed E-state index contributed by atoms with van der Waals surface area (Å²) in [5, 5.41) is 7.89. The van der Waals surface area contributed by atoms with Crippen molar-refractivity contribution in [3.8, 4) is 0 Å². The molecule has 1 heterocycles. The van der Waals surface area contributed by atoms with E-state index in [0.29, 0.717) is 6.07 Å². The molecule has 0 bridgehead atoms. The van der Waals surface area contributed by atoms with E-state index in [1.54, 1.807) is 0 Å². The second-order valence-electron chi connectivity index (χ2n) is 2.67. The number of halogens is 4. The molecule has 0 radical (unpaired) electrons. The van der Waals surface area contributed by atoms with Gasteiger partial charge in [-0.2, -0.15) is 4.39 Å². The summed E-state index contributed by atoms with van der Waals surface area (Å²) in [6.45, 7) is 0. The third-order valence-electron chi connectivity index (χ3n) is 1.64. The van der Waals surface area contributed by atoms with E-state index in [9.17, 15) is 18.0 Å². The lowest BCUT2D eigenvalue weighted by atomic mass is 10.1. The van der Waals surface area contributed by atoms with Gasteiger partial charge in [-0.25, -0.2) is 13.8 Å². The number of carboxylic acid groups (broad SMARTS) is 1. The van der Waals surface area contributed by atoms with Crippen molar-refractivity contribution in [1.82, 2.24) is 4.98 Å². The van der Waals surface area contributed by atoms with Crippen LogP contribution in [0, 0.1) is 5.95 Å². The van der Waals surface area contributed by atoms with Crippen molar-refractivity contribution in [2.75, 3.05) is 0 Å². The van der Waals surface area contributed by atoms with E-state index in [4.69, 9.17) is 16.7 Å². The predicted molar refractivity (Wildman–Crippen MR) is 45.5 cm³/mol. The predicted octanol–water partition coefficient (Wildman–Crippen LogP) is 2.44. The van der Waals surface area contributed by atoms with Crippen LogP contribution < -0.4 is 0 Å². The Balaban J connectivity index is 3.26. The lowest BCUT2D eigenvalue weighted by Gasteiger charge is -2.08. The lowest BCUT2D eigenvalue weighted by Crippen LogP contribution is -2.07. The van der Waals surface area contributed by atoms with Crippen LogP contribution in [0.25, 0.3) is 0 Å². The molecule has 7 heteroatoms. The number of pyridine rings is 1. The van der Waals surface area contributed by atoms with Crippen molar-refractivity contribution < 1.29 is 23.1 Å². The van der Waals surface area contributed by atoms with Gasteiger partial charge in [-0.05, 0) is 0 Å². The van der Waals surface area contributed by atoms with E-state index in [2.05, 4.69) is 4.98 Å². The molecule has 0 atom stereocenters. The number of aromatic nitrogens is 1. The summed E-state index contributed by atoms with van der Waals surface area (Å²) in [5.41, 5.74) is -1.10.